The Bertz CT molecular complexity index is 200. The lowest BCUT2D eigenvalue weighted by molar-refractivity contribution is -0.121. The fraction of sp³-hybridized carbons (Fsp3) is 0.818. The number of aliphatic hydroxyl groups excluding tert-OH is 2. The van der Waals surface area contributed by atoms with Crippen molar-refractivity contribution in [3.8, 4) is 0 Å². The smallest absolute Gasteiger partial charge is 0.220 e. The highest BCUT2D eigenvalue weighted by Crippen LogP contribution is 1.88. The zero-order valence-corrected chi connectivity index (χ0v) is 10.1. The molecule has 2 amide bonds. The van der Waals surface area contributed by atoms with Crippen molar-refractivity contribution in [2.45, 2.75) is 32.1 Å². The first-order valence-electron chi connectivity index (χ1n) is 5.95. The predicted octanol–water partition coefficient (Wildman–Crippen LogP) is -0.846. The van der Waals surface area contributed by atoms with Crippen molar-refractivity contribution in [2.24, 2.45) is 0 Å². The summed E-state index contributed by atoms with van der Waals surface area (Å²) < 4.78 is 0. The molecule has 0 aliphatic carbocycles. The zero-order chi connectivity index (χ0) is 12.9. The maximum atomic E-state index is 11.1. The van der Waals surface area contributed by atoms with Crippen LogP contribution >= 0.6 is 0 Å². The number of nitrogens with one attached hydrogen (secondary N) is 2. The lowest BCUT2D eigenvalue weighted by Crippen LogP contribution is -2.29. The second kappa shape index (κ2) is 11.3. The van der Waals surface area contributed by atoms with Crippen molar-refractivity contribution >= 4 is 11.8 Å². The summed E-state index contributed by atoms with van der Waals surface area (Å²) in [5.41, 5.74) is 0. The Morgan fingerprint density at radius 3 is 1.53 bits per heavy atom. The van der Waals surface area contributed by atoms with Crippen molar-refractivity contribution in [1.29, 1.82) is 0 Å². The number of carbonyl (C=O) groups excluding carboxylic acids is 2. The van der Waals surface area contributed by atoms with Crippen molar-refractivity contribution < 1.29 is 19.8 Å². The van der Waals surface area contributed by atoms with Crippen molar-refractivity contribution in [3.05, 3.63) is 0 Å². The van der Waals surface area contributed by atoms with Gasteiger partial charge in [0.1, 0.15) is 0 Å². The van der Waals surface area contributed by atoms with Crippen molar-refractivity contribution in [3.63, 3.8) is 0 Å². The monoisotopic (exact) mass is 246 g/mol. The van der Waals surface area contributed by atoms with Crippen molar-refractivity contribution in [1.82, 2.24) is 10.6 Å². The Morgan fingerprint density at radius 2 is 1.18 bits per heavy atom. The number of amides is 2. The third kappa shape index (κ3) is 11.1. The van der Waals surface area contributed by atoms with E-state index in [2.05, 4.69) is 10.6 Å². The summed E-state index contributed by atoms with van der Waals surface area (Å²) in [5.74, 6) is -0.156. The fourth-order valence-electron chi connectivity index (χ4n) is 1.20. The molecule has 0 aromatic heterocycles. The molecule has 0 spiro atoms. The molecule has 6 nitrogen and oxygen atoms in total. The standard InChI is InChI=1S/C11H22N2O4/c14-8-1-4-10(16)12-6-3-7-13-11(17)5-2-9-15/h14-15H,1-9H2,(H,12,16)(H,13,17). The summed E-state index contributed by atoms with van der Waals surface area (Å²) in [7, 11) is 0. The molecule has 0 heterocycles. The van der Waals surface area contributed by atoms with E-state index in [0.717, 1.165) is 0 Å². The molecule has 100 valence electrons. The highest BCUT2D eigenvalue weighted by Gasteiger charge is 2.01. The Morgan fingerprint density at radius 1 is 0.765 bits per heavy atom. The summed E-state index contributed by atoms with van der Waals surface area (Å²) in [4.78, 5) is 22.2. The topological polar surface area (TPSA) is 98.7 Å². The summed E-state index contributed by atoms with van der Waals surface area (Å²) in [6, 6.07) is 0. The Labute approximate surface area is 101 Å². The molecule has 0 aliphatic heterocycles. The van der Waals surface area contributed by atoms with Gasteiger partial charge in [-0.2, -0.15) is 0 Å². The van der Waals surface area contributed by atoms with E-state index < -0.39 is 0 Å². The Kier molecular flexibility index (Phi) is 10.6. The van der Waals surface area contributed by atoms with Gasteiger partial charge in [0, 0.05) is 39.1 Å². The van der Waals surface area contributed by atoms with Crippen LogP contribution in [0, 0.1) is 0 Å². The Hall–Kier alpha value is -1.14. The van der Waals surface area contributed by atoms with Crippen LogP contribution in [-0.2, 0) is 9.59 Å². The number of hydrogen-bond donors (Lipinski definition) is 4. The average molecular weight is 246 g/mol. The van der Waals surface area contributed by atoms with Gasteiger partial charge in [-0.05, 0) is 19.3 Å². The Balaban J connectivity index is 3.28. The maximum absolute atomic E-state index is 11.1. The van der Waals surface area contributed by atoms with Gasteiger partial charge in [-0.1, -0.05) is 0 Å². The van der Waals surface area contributed by atoms with Gasteiger partial charge in [0.15, 0.2) is 0 Å². The van der Waals surface area contributed by atoms with E-state index in [1.54, 1.807) is 0 Å². The summed E-state index contributed by atoms with van der Waals surface area (Å²) in [6.45, 7) is 1.08. The molecular formula is C11H22N2O4. The molecule has 0 aliphatic rings. The minimum Gasteiger partial charge on any atom is -0.396 e. The van der Waals surface area contributed by atoms with Crippen LogP contribution in [0.25, 0.3) is 0 Å². The van der Waals surface area contributed by atoms with Gasteiger partial charge in [0.05, 0.1) is 0 Å². The highest BCUT2D eigenvalue weighted by molar-refractivity contribution is 5.76. The molecule has 0 atom stereocenters. The van der Waals surface area contributed by atoms with Gasteiger partial charge in [0.2, 0.25) is 11.8 Å². The molecule has 0 rings (SSSR count). The molecule has 0 aromatic rings. The van der Waals surface area contributed by atoms with E-state index in [1.807, 2.05) is 0 Å². The third-order valence-corrected chi connectivity index (χ3v) is 2.12. The SMILES string of the molecule is O=C(CCCO)NCCCNC(=O)CCCO. The largest absolute Gasteiger partial charge is 0.396 e. The van der Waals surface area contributed by atoms with Gasteiger partial charge in [0.25, 0.3) is 0 Å². The molecule has 17 heavy (non-hydrogen) atoms. The van der Waals surface area contributed by atoms with E-state index >= 15 is 0 Å². The van der Waals surface area contributed by atoms with Gasteiger partial charge in [-0.15, -0.1) is 0 Å². The molecule has 0 fully saturated rings. The van der Waals surface area contributed by atoms with Gasteiger partial charge in [-0.25, -0.2) is 0 Å². The summed E-state index contributed by atoms with van der Waals surface area (Å²) in [6.07, 6.45) is 2.29. The molecular weight excluding hydrogens is 224 g/mol. The predicted molar refractivity (Wildman–Crippen MR) is 63.3 cm³/mol. The second-order valence-corrected chi connectivity index (χ2v) is 3.71. The molecule has 0 aromatic carbocycles. The molecule has 0 bridgehead atoms. The van der Waals surface area contributed by atoms with Crippen LogP contribution in [0.3, 0.4) is 0 Å². The normalized spacial score (nSPS) is 10.0. The van der Waals surface area contributed by atoms with E-state index in [9.17, 15) is 9.59 Å². The van der Waals surface area contributed by atoms with E-state index in [1.165, 1.54) is 0 Å². The average Bonchev–Trinajstić information content (AvgIpc) is 2.33. The molecule has 0 saturated carbocycles. The number of rotatable bonds is 10. The fourth-order valence-corrected chi connectivity index (χ4v) is 1.20. The number of hydrogen-bond acceptors (Lipinski definition) is 4. The van der Waals surface area contributed by atoms with Crippen LogP contribution < -0.4 is 10.6 Å². The van der Waals surface area contributed by atoms with E-state index in [4.69, 9.17) is 10.2 Å². The van der Waals surface area contributed by atoms with Gasteiger partial charge < -0.3 is 20.8 Å². The molecule has 4 N–H and O–H groups in total. The molecule has 0 saturated heterocycles. The van der Waals surface area contributed by atoms with E-state index in [0.29, 0.717) is 45.2 Å². The van der Waals surface area contributed by atoms with Crippen LogP contribution in [0.15, 0.2) is 0 Å². The zero-order valence-electron chi connectivity index (χ0n) is 10.1. The van der Waals surface area contributed by atoms with Crippen LogP contribution in [0.1, 0.15) is 32.1 Å². The minimum atomic E-state index is -0.0781. The first-order valence-corrected chi connectivity index (χ1v) is 5.95. The summed E-state index contributed by atoms with van der Waals surface area (Å²) in [5, 5.41) is 22.4. The van der Waals surface area contributed by atoms with Crippen LogP contribution in [-0.4, -0.2) is 48.3 Å². The van der Waals surface area contributed by atoms with Gasteiger partial charge in [-0.3, -0.25) is 9.59 Å². The van der Waals surface area contributed by atoms with Gasteiger partial charge >= 0.3 is 0 Å². The summed E-state index contributed by atoms with van der Waals surface area (Å²) >= 11 is 0. The van der Waals surface area contributed by atoms with Crippen LogP contribution in [0.4, 0.5) is 0 Å². The van der Waals surface area contributed by atoms with E-state index in [-0.39, 0.29) is 25.0 Å². The van der Waals surface area contributed by atoms with Crippen LogP contribution in [0.5, 0.6) is 0 Å². The quantitative estimate of drug-likeness (QED) is 0.377. The lowest BCUT2D eigenvalue weighted by Gasteiger charge is -2.06. The molecule has 6 heteroatoms. The maximum Gasteiger partial charge on any atom is 0.220 e. The molecule has 0 unspecified atom stereocenters. The lowest BCUT2D eigenvalue weighted by atomic mass is 10.3. The highest BCUT2D eigenvalue weighted by atomic mass is 16.3. The third-order valence-electron chi connectivity index (χ3n) is 2.12. The molecule has 0 radical (unpaired) electrons. The first-order chi connectivity index (χ1) is 8.20. The number of aliphatic hydroxyl groups is 2. The van der Waals surface area contributed by atoms with Crippen LogP contribution in [0.2, 0.25) is 0 Å². The first kappa shape index (κ1) is 15.9. The minimum absolute atomic E-state index is 0.0222. The number of carbonyl (C=O) groups is 2. The second-order valence-electron chi connectivity index (χ2n) is 3.71. The van der Waals surface area contributed by atoms with Crippen molar-refractivity contribution in [2.75, 3.05) is 26.3 Å².